The molecule has 130 valence electrons. The average molecular weight is 314 g/mol. The molecule has 0 aromatic heterocycles. The molecule has 3 N–H and O–H groups in total. The Bertz CT molecular complexity index is 344. The van der Waals surface area contributed by atoms with Crippen molar-refractivity contribution < 1.29 is 14.6 Å². The molecule has 1 rings (SSSR count). The topological polar surface area (TPSA) is 70.6 Å². The molecule has 1 heterocycles. The minimum Gasteiger partial charge on any atom is -0.388 e. The lowest BCUT2D eigenvalue weighted by Crippen LogP contribution is -2.53. The van der Waals surface area contributed by atoms with E-state index >= 15 is 0 Å². The van der Waals surface area contributed by atoms with Gasteiger partial charge in [-0.05, 0) is 24.2 Å². The number of hydrogen-bond donors (Lipinski definition) is 3. The summed E-state index contributed by atoms with van der Waals surface area (Å²) in [5, 5.41) is 16.3. The molecule has 1 unspecified atom stereocenters. The van der Waals surface area contributed by atoms with Gasteiger partial charge in [-0.2, -0.15) is 0 Å². The van der Waals surface area contributed by atoms with Crippen molar-refractivity contribution in [2.24, 2.45) is 11.3 Å². The Kier molecular flexibility index (Phi) is 7.13. The van der Waals surface area contributed by atoms with Gasteiger partial charge in [0.25, 0.3) is 0 Å². The zero-order chi connectivity index (χ0) is 16.8. The number of ether oxygens (including phenoxy) is 1. The molecule has 5 nitrogen and oxygen atoms in total. The summed E-state index contributed by atoms with van der Waals surface area (Å²) < 4.78 is 5.25. The number of aliphatic hydroxyl groups is 1. The molecular weight excluding hydrogens is 280 g/mol. The van der Waals surface area contributed by atoms with Crippen LogP contribution in [-0.4, -0.2) is 42.5 Å². The first-order valence-electron chi connectivity index (χ1n) is 8.47. The molecule has 0 aliphatic carbocycles. The van der Waals surface area contributed by atoms with Gasteiger partial charge in [0.05, 0.1) is 5.60 Å². The van der Waals surface area contributed by atoms with E-state index in [2.05, 4.69) is 45.3 Å². The molecule has 2 amide bonds. The van der Waals surface area contributed by atoms with E-state index in [1.54, 1.807) is 0 Å². The second-order valence-corrected chi connectivity index (χ2v) is 8.05. The highest BCUT2D eigenvalue weighted by Crippen LogP contribution is 2.24. The van der Waals surface area contributed by atoms with E-state index in [0.717, 1.165) is 12.8 Å². The Morgan fingerprint density at radius 2 is 1.82 bits per heavy atom. The summed E-state index contributed by atoms with van der Waals surface area (Å²) in [5.41, 5.74) is -0.813. The third-order valence-corrected chi connectivity index (χ3v) is 4.38. The second kappa shape index (κ2) is 8.16. The number of nitrogens with one attached hydrogen (secondary N) is 2. The summed E-state index contributed by atoms with van der Waals surface area (Å²) in [4.78, 5) is 12.2. The standard InChI is InChI=1S/C17H34N2O3/c1-13(2)6-7-14(16(3,4)5)19-15(20)18-12-17(21)8-10-22-11-9-17/h13-14,21H,6-12H2,1-5H3,(H2,18,19,20). The molecule has 1 aliphatic heterocycles. The highest BCUT2D eigenvalue weighted by molar-refractivity contribution is 5.74. The van der Waals surface area contributed by atoms with Crippen molar-refractivity contribution in [1.29, 1.82) is 0 Å². The van der Waals surface area contributed by atoms with Crippen LogP contribution in [0.15, 0.2) is 0 Å². The number of amides is 2. The zero-order valence-electron chi connectivity index (χ0n) is 14.9. The summed E-state index contributed by atoms with van der Waals surface area (Å²) in [6, 6.07) is -0.0668. The molecule has 5 heteroatoms. The van der Waals surface area contributed by atoms with Crippen LogP contribution in [0.25, 0.3) is 0 Å². The van der Waals surface area contributed by atoms with E-state index < -0.39 is 5.60 Å². The van der Waals surface area contributed by atoms with Gasteiger partial charge in [-0.3, -0.25) is 0 Å². The van der Waals surface area contributed by atoms with Gasteiger partial charge < -0.3 is 20.5 Å². The molecule has 1 saturated heterocycles. The highest BCUT2D eigenvalue weighted by atomic mass is 16.5. The monoisotopic (exact) mass is 314 g/mol. The fraction of sp³-hybridized carbons (Fsp3) is 0.941. The first-order valence-corrected chi connectivity index (χ1v) is 8.47. The molecule has 0 aromatic rings. The number of rotatable bonds is 6. The largest absolute Gasteiger partial charge is 0.388 e. The van der Waals surface area contributed by atoms with E-state index in [0.29, 0.717) is 32.0 Å². The minimum absolute atomic E-state index is 0.0157. The van der Waals surface area contributed by atoms with Crippen molar-refractivity contribution in [2.45, 2.75) is 71.9 Å². The Labute approximate surface area is 135 Å². The SMILES string of the molecule is CC(C)CCC(NC(=O)NCC1(O)CCOCC1)C(C)(C)C. The van der Waals surface area contributed by atoms with Crippen molar-refractivity contribution in [3.05, 3.63) is 0 Å². The highest BCUT2D eigenvalue weighted by Gasteiger charge is 2.31. The fourth-order valence-corrected chi connectivity index (χ4v) is 2.60. The molecule has 0 aromatic carbocycles. The maximum absolute atomic E-state index is 12.2. The van der Waals surface area contributed by atoms with Crippen molar-refractivity contribution in [2.75, 3.05) is 19.8 Å². The van der Waals surface area contributed by atoms with Crippen LogP contribution in [0.5, 0.6) is 0 Å². The second-order valence-electron chi connectivity index (χ2n) is 8.05. The van der Waals surface area contributed by atoms with Gasteiger partial charge in [0.15, 0.2) is 0 Å². The van der Waals surface area contributed by atoms with E-state index in [9.17, 15) is 9.90 Å². The predicted molar refractivity (Wildman–Crippen MR) is 88.9 cm³/mol. The average Bonchev–Trinajstić information content (AvgIpc) is 2.40. The summed E-state index contributed by atoms with van der Waals surface area (Å²) in [6.07, 6.45) is 3.20. The summed E-state index contributed by atoms with van der Waals surface area (Å²) >= 11 is 0. The van der Waals surface area contributed by atoms with E-state index in [4.69, 9.17) is 4.74 Å². The molecule has 1 atom stereocenters. The third kappa shape index (κ3) is 6.97. The van der Waals surface area contributed by atoms with Crippen LogP contribution >= 0.6 is 0 Å². The van der Waals surface area contributed by atoms with E-state index in [1.165, 1.54) is 0 Å². The molecule has 1 fully saturated rings. The van der Waals surface area contributed by atoms with E-state index in [1.807, 2.05) is 0 Å². The molecule has 0 saturated carbocycles. The fourth-order valence-electron chi connectivity index (χ4n) is 2.60. The Morgan fingerprint density at radius 3 is 2.32 bits per heavy atom. The third-order valence-electron chi connectivity index (χ3n) is 4.38. The molecule has 0 spiro atoms. The van der Waals surface area contributed by atoms with Crippen LogP contribution in [0.1, 0.15) is 60.3 Å². The van der Waals surface area contributed by atoms with Gasteiger partial charge in [-0.25, -0.2) is 4.79 Å². The summed E-state index contributed by atoms with van der Waals surface area (Å²) in [7, 11) is 0. The molecule has 22 heavy (non-hydrogen) atoms. The number of carbonyl (C=O) groups excluding carboxylic acids is 1. The smallest absolute Gasteiger partial charge is 0.315 e. The maximum atomic E-state index is 12.2. The lowest BCUT2D eigenvalue weighted by molar-refractivity contribution is -0.0601. The maximum Gasteiger partial charge on any atom is 0.315 e. The van der Waals surface area contributed by atoms with Crippen molar-refractivity contribution in [3.8, 4) is 0 Å². The van der Waals surface area contributed by atoms with Crippen molar-refractivity contribution in [3.63, 3.8) is 0 Å². The number of carbonyl (C=O) groups is 1. The normalized spacial score (nSPS) is 19.8. The number of urea groups is 1. The molecule has 0 radical (unpaired) electrons. The van der Waals surface area contributed by atoms with Crippen molar-refractivity contribution >= 4 is 6.03 Å². The zero-order valence-corrected chi connectivity index (χ0v) is 14.9. The summed E-state index contributed by atoms with van der Waals surface area (Å²) in [5.74, 6) is 0.623. The molecule has 1 aliphatic rings. The predicted octanol–water partition coefficient (Wildman–Crippen LogP) is 2.68. The van der Waals surface area contributed by atoms with Crippen LogP contribution in [0.4, 0.5) is 4.79 Å². The Morgan fingerprint density at radius 1 is 1.23 bits per heavy atom. The van der Waals surface area contributed by atoms with E-state index in [-0.39, 0.29) is 24.0 Å². The Hall–Kier alpha value is -0.810. The van der Waals surface area contributed by atoms with Gasteiger partial charge in [0, 0.05) is 38.6 Å². The quantitative estimate of drug-likeness (QED) is 0.706. The number of hydrogen-bond acceptors (Lipinski definition) is 3. The molecular formula is C17H34N2O3. The van der Waals surface area contributed by atoms with Crippen LogP contribution in [0.2, 0.25) is 0 Å². The lowest BCUT2D eigenvalue weighted by Gasteiger charge is -2.34. The van der Waals surface area contributed by atoms with Crippen LogP contribution in [0.3, 0.4) is 0 Å². The lowest BCUT2D eigenvalue weighted by atomic mass is 9.83. The first kappa shape index (κ1) is 19.2. The van der Waals surface area contributed by atoms with Gasteiger partial charge in [-0.1, -0.05) is 34.6 Å². The van der Waals surface area contributed by atoms with Crippen LogP contribution < -0.4 is 10.6 Å². The van der Waals surface area contributed by atoms with Gasteiger partial charge >= 0.3 is 6.03 Å². The first-order chi connectivity index (χ1) is 10.1. The van der Waals surface area contributed by atoms with Gasteiger partial charge in [0.1, 0.15) is 0 Å². The minimum atomic E-state index is -0.829. The summed E-state index contributed by atoms with van der Waals surface area (Å²) in [6.45, 7) is 12.2. The van der Waals surface area contributed by atoms with Gasteiger partial charge in [-0.15, -0.1) is 0 Å². The molecule has 0 bridgehead atoms. The van der Waals surface area contributed by atoms with Gasteiger partial charge in [0.2, 0.25) is 0 Å². The van der Waals surface area contributed by atoms with Crippen LogP contribution in [-0.2, 0) is 4.74 Å². The Balaban J connectivity index is 2.45. The van der Waals surface area contributed by atoms with Crippen LogP contribution in [0, 0.1) is 11.3 Å². The van der Waals surface area contributed by atoms with Crippen molar-refractivity contribution in [1.82, 2.24) is 10.6 Å².